The topological polar surface area (TPSA) is 66.5 Å². The molecule has 2 aromatic carbocycles. The SMILES string of the molecule is Cc1cccc(NC(=O)[C@H](Cc2ccccc2)N2C(=O)[C@@H]3[C@H]4CC[C@@H](C4)[C@@H]3C2=O)c1. The predicted molar refractivity (Wildman–Crippen MR) is 113 cm³/mol. The lowest BCUT2D eigenvalue weighted by Crippen LogP contribution is -2.49. The molecule has 0 radical (unpaired) electrons. The van der Waals surface area contributed by atoms with Crippen LogP contribution >= 0.6 is 0 Å². The number of likely N-dealkylation sites (tertiary alicyclic amines) is 1. The zero-order valence-corrected chi connectivity index (χ0v) is 17.1. The molecule has 3 fully saturated rings. The predicted octanol–water partition coefficient (Wildman–Crippen LogP) is 3.58. The number of nitrogens with zero attached hydrogens (tertiary/aromatic N) is 1. The Hall–Kier alpha value is -2.95. The molecule has 1 N–H and O–H groups in total. The van der Waals surface area contributed by atoms with Crippen LogP contribution in [0.5, 0.6) is 0 Å². The van der Waals surface area contributed by atoms with Crippen molar-refractivity contribution in [2.45, 2.75) is 38.6 Å². The summed E-state index contributed by atoms with van der Waals surface area (Å²) >= 11 is 0. The maximum atomic E-state index is 13.4. The molecule has 1 aliphatic heterocycles. The fourth-order valence-corrected chi connectivity index (χ4v) is 5.83. The van der Waals surface area contributed by atoms with E-state index in [4.69, 9.17) is 0 Å². The first-order valence-corrected chi connectivity index (χ1v) is 10.8. The maximum absolute atomic E-state index is 13.4. The van der Waals surface area contributed by atoms with Crippen LogP contribution in [-0.4, -0.2) is 28.7 Å². The highest BCUT2D eigenvalue weighted by atomic mass is 16.2. The largest absolute Gasteiger partial charge is 0.324 e. The van der Waals surface area contributed by atoms with Gasteiger partial charge in [-0.25, -0.2) is 0 Å². The first-order valence-electron chi connectivity index (χ1n) is 10.8. The van der Waals surface area contributed by atoms with Gasteiger partial charge in [0.15, 0.2) is 0 Å². The Labute approximate surface area is 176 Å². The third kappa shape index (κ3) is 3.13. The summed E-state index contributed by atoms with van der Waals surface area (Å²) in [5.41, 5.74) is 2.65. The number of amides is 3. The number of rotatable bonds is 5. The van der Waals surface area contributed by atoms with Crippen molar-refractivity contribution in [2.75, 3.05) is 5.32 Å². The summed E-state index contributed by atoms with van der Waals surface area (Å²) in [7, 11) is 0. The summed E-state index contributed by atoms with van der Waals surface area (Å²) in [6, 6.07) is 16.3. The summed E-state index contributed by atoms with van der Waals surface area (Å²) in [6.45, 7) is 1.96. The molecule has 5 atom stereocenters. The lowest BCUT2D eigenvalue weighted by Gasteiger charge is -2.27. The summed E-state index contributed by atoms with van der Waals surface area (Å²) in [5.74, 6) is -0.423. The second-order valence-corrected chi connectivity index (χ2v) is 9.00. The molecular weight excluding hydrogens is 376 g/mol. The molecule has 5 rings (SSSR count). The molecule has 2 saturated carbocycles. The molecule has 0 spiro atoms. The second kappa shape index (κ2) is 7.38. The zero-order chi connectivity index (χ0) is 20.8. The summed E-state index contributed by atoms with van der Waals surface area (Å²) in [5, 5.41) is 2.94. The third-order valence-corrected chi connectivity index (χ3v) is 7.13. The summed E-state index contributed by atoms with van der Waals surface area (Å²) in [4.78, 5) is 41.4. The van der Waals surface area contributed by atoms with Crippen molar-refractivity contribution in [2.24, 2.45) is 23.7 Å². The van der Waals surface area contributed by atoms with Crippen LogP contribution < -0.4 is 5.32 Å². The van der Waals surface area contributed by atoms with E-state index < -0.39 is 6.04 Å². The summed E-state index contributed by atoms with van der Waals surface area (Å²) < 4.78 is 0. The van der Waals surface area contributed by atoms with Crippen molar-refractivity contribution >= 4 is 23.4 Å². The molecule has 3 amide bonds. The van der Waals surface area contributed by atoms with Gasteiger partial charge in [0.1, 0.15) is 6.04 Å². The molecule has 5 nitrogen and oxygen atoms in total. The molecule has 1 heterocycles. The zero-order valence-electron chi connectivity index (χ0n) is 17.1. The number of benzene rings is 2. The van der Waals surface area contributed by atoms with Gasteiger partial charge < -0.3 is 5.32 Å². The smallest absolute Gasteiger partial charge is 0.248 e. The van der Waals surface area contributed by atoms with Crippen molar-refractivity contribution in [1.82, 2.24) is 4.90 Å². The van der Waals surface area contributed by atoms with Crippen LogP contribution in [0.2, 0.25) is 0 Å². The van der Waals surface area contributed by atoms with E-state index in [1.165, 1.54) is 4.90 Å². The van der Waals surface area contributed by atoms with Crippen LogP contribution in [0.1, 0.15) is 30.4 Å². The van der Waals surface area contributed by atoms with Crippen LogP contribution in [0.3, 0.4) is 0 Å². The minimum atomic E-state index is -0.835. The van der Waals surface area contributed by atoms with Crippen LogP contribution in [0, 0.1) is 30.6 Å². The monoisotopic (exact) mass is 402 g/mol. The lowest BCUT2D eigenvalue weighted by atomic mass is 9.81. The van der Waals surface area contributed by atoms with E-state index >= 15 is 0 Å². The average Bonchev–Trinajstić information content (AvgIpc) is 3.41. The highest BCUT2D eigenvalue weighted by molar-refractivity contribution is 6.10. The van der Waals surface area contributed by atoms with E-state index in [0.717, 1.165) is 30.4 Å². The fraction of sp³-hybridized carbons (Fsp3) is 0.400. The number of carbonyl (C=O) groups excluding carboxylic acids is 3. The number of nitrogens with one attached hydrogen (secondary N) is 1. The van der Waals surface area contributed by atoms with Gasteiger partial charge in [-0.05, 0) is 61.3 Å². The van der Waals surface area contributed by atoms with Gasteiger partial charge in [0, 0.05) is 12.1 Å². The molecule has 0 unspecified atom stereocenters. The molecule has 2 bridgehead atoms. The van der Waals surface area contributed by atoms with Gasteiger partial charge in [-0.2, -0.15) is 0 Å². The van der Waals surface area contributed by atoms with E-state index in [2.05, 4.69) is 5.32 Å². The van der Waals surface area contributed by atoms with Gasteiger partial charge in [0.2, 0.25) is 17.7 Å². The fourth-order valence-electron chi connectivity index (χ4n) is 5.83. The van der Waals surface area contributed by atoms with Crippen molar-refractivity contribution in [3.8, 4) is 0 Å². The Morgan fingerprint density at radius 2 is 1.67 bits per heavy atom. The van der Waals surface area contributed by atoms with E-state index in [9.17, 15) is 14.4 Å². The normalized spacial score (nSPS) is 28.0. The van der Waals surface area contributed by atoms with Crippen LogP contribution in [0.4, 0.5) is 5.69 Å². The molecule has 30 heavy (non-hydrogen) atoms. The van der Waals surface area contributed by atoms with E-state index in [0.29, 0.717) is 23.9 Å². The van der Waals surface area contributed by atoms with E-state index in [-0.39, 0.29) is 29.6 Å². The molecule has 3 aliphatic rings. The first kappa shape index (κ1) is 19.0. The Morgan fingerprint density at radius 1 is 1.00 bits per heavy atom. The second-order valence-electron chi connectivity index (χ2n) is 9.00. The van der Waals surface area contributed by atoms with Gasteiger partial charge in [-0.15, -0.1) is 0 Å². The van der Waals surface area contributed by atoms with E-state index in [1.807, 2.05) is 61.5 Å². The molecule has 0 aromatic heterocycles. The quantitative estimate of drug-likeness (QED) is 0.778. The molecule has 2 aromatic rings. The summed E-state index contributed by atoms with van der Waals surface area (Å²) in [6.07, 6.45) is 3.36. The Bertz CT molecular complexity index is 974. The minimum Gasteiger partial charge on any atom is -0.324 e. The number of aryl methyl sites for hydroxylation is 1. The maximum Gasteiger partial charge on any atom is 0.248 e. The van der Waals surface area contributed by atoms with Gasteiger partial charge in [0.05, 0.1) is 11.8 Å². The molecule has 154 valence electrons. The number of hydrogen-bond acceptors (Lipinski definition) is 3. The number of anilines is 1. The highest BCUT2D eigenvalue weighted by Gasteiger charge is 2.62. The number of imide groups is 1. The Morgan fingerprint density at radius 3 is 2.30 bits per heavy atom. The van der Waals surface area contributed by atoms with Crippen molar-refractivity contribution < 1.29 is 14.4 Å². The van der Waals surface area contributed by atoms with Crippen molar-refractivity contribution in [3.63, 3.8) is 0 Å². The Kier molecular flexibility index (Phi) is 4.69. The minimum absolute atomic E-state index is 0.141. The molecular formula is C25H26N2O3. The number of hydrogen-bond donors (Lipinski definition) is 1. The van der Waals surface area contributed by atoms with E-state index in [1.54, 1.807) is 0 Å². The van der Waals surface area contributed by atoms with Gasteiger partial charge in [0.25, 0.3) is 0 Å². The first-order chi connectivity index (χ1) is 14.5. The van der Waals surface area contributed by atoms with Crippen molar-refractivity contribution in [1.29, 1.82) is 0 Å². The van der Waals surface area contributed by atoms with Crippen LogP contribution in [-0.2, 0) is 20.8 Å². The third-order valence-electron chi connectivity index (χ3n) is 7.13. The number of fused-ring (bicyclic) bond motifs is 5. The van der Waals surface area contributed by atoms with Gasteiger partial charge in [-0.1, -0.05) is 42.5 Å². The van der Waals surface area contributed by atoms with Crippen LogP contribution in [0.15, 0.2) is 54.6 Å². The lowest BCUT2D eigenvalue weighted by molar-refractivity contribution is -0.147. The number of carbonyl (C=O) groups is 3. The van der Waals surface area contributed by atoms with Crippen molar-refractivity contribution in [3.05, 3.63) is 65.7 Å². The molecule has 1 saturated heterocycles. The van der Waals surface area contributed by atoms with Crippen LogP contribution in [0.25, 0.3) is 0 Å². The molecule has 2 aliphatic carbocycles. The average molecular weight is 402 g/mol. The standard InChI is InChI=1S/C25H26N2O3/c1-15-6-5-9-19(12-15)26-23(28)20(13-16-7-3-2-4-8-16)27-24(29)21-17-10-11-18(14-17)22(21)25(27)30/h2-9,12,17-18,20-22H,10-11,13-14H2,1H3,(H,26,28)/t17-,18-,20-,21-,22+/m0/s1. The highest BCUT2D eigenvalue weighted by Crippen LogP contribution is 2.56. The van der Waals surface area contributed by atoms with Gasteiger partial charge >= 0.3 is 0 Å². The molecule has 5 heteroatoms. The Balaban J connectivity index is 1.46. The van der Waals surface area contributed by atoms with Gasteiger partial charge in [-0.3, -0.25) is 19.3 Å².